The van der Waals surface area contributed by atoms with Gasteiger partial charge in [-0.1, -0.05) is 47.5 Å². The molecule has 1 N–H and O–H groups in total. The number of rotatable bonds is 2. The SMILES string of the molecule is CC(C)C1C(=O)NC2(CCCC2)C(=O)N1C(C)C(C)(C)C. The van der Waals surface area contributed by atoms with E-state index in [2.05, 4.69) is 33.0 Å². The van der Waals surface area contributed by atoms with Gasteiger partial charge in [0, 0.05) is 6.04 Å². The van der Waals surface area contributed by atoms with E-state index >= 15 is 0 Å². The Morgan fingerprint density at radius 2 is 1.67 bits per heavy atom. The van der Waals surface area contributed by atoms with Gasteiger partial charge in [0.1, 0.15) is 11.6 Å². The van der Waals surface area contributed by atoms with E-state index in [1.54, 1.807) is 0 Å². The predicted molar refractivity (Wildman–Crippen MR) is 83.7 cm³/mol. The van der Waals surface area contributed by atoms with Crippen LogP contribution in [0, 0.1) is 11.3 Å². The molecule has 2 aliphatic rings. The number of hydrogen-bond donors (Lipinski definition) is 1. The Morgan fingerprint density at radius 3 is 2.10 bits per heavy atom. The topological polar surface area (TPSA) is 49.4 Å². The fraction of sp³-hybridized carbons (Fsp3) is 0.882. The highest BCUT2D eigenvalue weighted by molar-refractivity contribution is 6.00. The van der Waals surface area contributed by atoms with Crippen LogP contribution in [0.2, 0.25) is 0 Å². The minimum absolute atomic E-state index is 0.0302. The fourth-order valence-electron chi connectivity index (χ4n) is 3.64. The van der Waals surface area contributed by atoms with E-state index in [-0.39, 0.29) is 35.2 Å². The zero-order valence-corrected chi connectivity index (χ0v) is 14.3. The summed E-state index contributed by atoms with van der Waals surface area (Å²) in [5, 5.41) is 3.08. The summed E-state index contributed by atoms with van der Waals surface area (Å²) in [4.78, 5) is 27.8. The van der Waals surface area contributed by atoms with Crippen LogP contribution < -0.4 is 5.32 Å². The largest absolute Gasteiger partial charge is 0.340 e. The van der Waals surface area contributed by atoms with Gasteiger partial charge in [-0.2, -0.15) is 0 Å². The molecular formula is C17H30N2O2. The van der Waals surface area contributed by atoms with Crippen LogP contribution in [0.1, 0.15) is 67.2 Å². The van der Waals surface area contributed by atoms with E-state index in [1.807, 2.05) is 18.7 Å². The van der Waals surface area contributed by atoms with Gasteiger partial charge in [-0.15, -0.1) is 0 Å². The molecule has 1 saturated heterocycles. The molecule has 4 heteroatoms. The molecule has 2 fully saturated rings. The molecule has 2 atom stereocenters. The van der Waals surface area contributed by atoms with Crippen molar-refractivity contribution in [2.24, 2.45) is 11.3 Å². The summed E-state index contributed by atoms with van der Waals surface area (Å²) in [5.41, 5.74) is -0.664. The quantitative estimate of drug-likeness (QED) is 0.851. The second kappa shape index (κ2) is 5.29. The molecule has 1 saturated carbocycles. The Bertz CT molecular complexity index is 431. The summed E-state index contributed by atoms with van der Waals surface area (Å²) >= 11 is 0. The first-order valence-electron chi connectivity index (χ1n) is 8.25. The summed E-state index contributed by atoms with van der Waals surface area (Å²) in [6, 6.07) is -0.307. The number of nitrogens with one attached hydrogen (secondary N) is 1. The molecule has 0 aromatic rings. The predicted octanol–water partition coefficient (Wildman–Crippen LogP) is 2.72. The average Bonchev–Trinajstić information content (AvgIpc) is 2.80. The molecule has 0 bridgehead atoms. The normalized spacial score (nSPS) is 27.4. The average molecular weight is 294 g/mol. The van der Waals surface area contributed by atoms with Gasteiger partial charge in [0.15, 0.2) is 0 Å². The summed E-state index contributed by atoms with van der Waals surface area (Å²) in [6.45, 7) is 12.5. The van der Waals surface area contributed by atoms with Crippen molar-refractivity contribution >= 4 is 11.8 Å². The highest BCUT2D eigenvalue weighted by atomic mass is 16.2. The lowest BCUT2D eigenvalue weighted by Crippen LogP contribution is -2.73. The van der Waals surface area contributed by atoms with Crippen LogP contribution in [0.25, 0.3) is 0 Å². The second-order valence-electron chi connectivity index (χ2n) is 8.22. The molecule has 0 aromatic heterocycles. The first-order chi connectivity index (χ1) is 9.60. The highest BCUT2D eigenvalue weighted by Crippen LogP contribution is 2.39. The minimum atomic E-state index is -0.623. The Kier molecular flexibility index (Phi) is 4.11. The summed E-state index contributed by atoms with van der Waals surface area (Å²) < 4.78 is 0. The van der Waals surface area contributed by atoms with Crippen molar-refractivity contribution in [3.05, 3.63) is 0 Å². The molecule has 120 valence electrons. The van der Waals surface area contributed by atoms with Gasteiger partial charge >= 0.3 is 0 Å². The Labute approximate surface area is 128 Å². The van der Waals surface area contributed by atoms with Gasteiger partial charge in [0.2, 0.25) is 11.8 Å². The lowest BCUT2D eigenvalue weighted by atomic mass is 9.80. The first-order valence-corrected chi connectivity index (χ1v) is 8.25. The Balaban J connectivity index is 2.42. The lowest BCUT2D eigenvalue weighted by molar-refractivity contribution is -0.162. The molecule has 0 aromatic carbocycles. The van der Waals surface area contributed by atoms with Crippen LogP contribution in [0.5, 0.6) is 0 Å². The zero-order valence-electron chi connectivity index (χ0n) is 14.3. The third-order valence-corrected chi connectivity index (χ3v) is 5.33. The van der Waals surface area contributed by atoms with Gasteiger partial charge in [-0.25, -0.2) is 0 Å². The standard InChI is InChI=1S/C17H30N2O2/c1-11(2)13-14(20)18-17(9-7-8-10-17)15(21)19(13)12(3)16(4,5)6/h11-13H,7-10H2,1-6H3,(H,18,20). The van der Waals surface area contributed by atoms with E-state index in [0.29, 0.717) is 0 Å². The van der Waals surface area contributed by atoms with Crippen molar-refractivity contribution in [1.82, 2.24) is 10.2 Å². The van der Waals surface area contributed by atoms with Gasteiger partial charge in [0.25, 0.3) is 0 Å². The van der Waals surface area contributed by atoms with Crippen molar-refractivity contribution in [3.63, 3.8) is 0 Å². The van der Waals surface area contributed by atoms with Crippen LogP contribution in [0.3, 0.4) is 0 Å². The van der Waals surface area contributed by atoms with Crippen molar-refractivity contribution in [3.8, 4) is 0 Å². The van der Waals surface area contributed by atoms with E-state index < -0.39 is 5.54 Å². The van der Waals surface area contributed by atoms with Crippen molar-refractivity contribution in [2.75, 3.05) is 0 Å². The third-order valence-electron chi connectivity index (χ3n) is 5.33. The van der Waals surface area contributed by atoms with Gasteiger partial charge in [-0.3, -0.25) is 9.59 Å². The van der Waals surface area contributed by atoms with E-state index in [4.69, 9.17) is 0 Å². The van der Waals surface area contributed by atoms with Crippen LogP contribution in [-0.2, 0) is 9.59 Å². The summed E-state index contributed by atoms with van der Waals surface area (Å²) in [5.74, 6) is 0.292. The van der Waals surface area contributed by atoms with Crippen LogP contribution in [0.15, 0.2) is 0 Å². The number of hydrogen-bond acceptors (Lipinski definition) is 2. The number of amides is 2. The van der Waals surface area contributed by atoms with Crippen LogP contribution in [0.4, 0.5) is 0 Å². The molecule has 1 spiro atoms. The van der Waals surface area contributed by atoms with E-state index in [9.17, 15) is 9.59 Å². The molecule has 1 heterocycles. The van der Waals surface area contributed by atoms with Gasteiger partial charge in [0.05, 0.1) is 0 Å². The number of nitrogens with zero attached hydrogens (tertiary/aromatic N) is 1. The summed E-state index contributed by atoms with van der Waals surface area (Å²) in [6.07, 6.45) is 3.62. The fourth-order valence-corrected chi connectivity index (χ4v) is 3.64. The molecule has 1 aliphatic heterocycles. The van der Waals surface area contributed by atoms with Gasteiger partial charge in [-0.05, 0) is 31.1 Å². The molecule has 1 aliphatic carbocycles. The summed E-state index contributed by atoms with van der Waals surface area (Å²) in [7, 11) is 0. The highest BCUT2D eigenvalue weighted by Gasteiger charge is 2.54. The number of carbonyl (C=O) groups excluding carboxylic acids is 2. The molecule has 21 heavy (non-hydrogen) atoms. The number of carbonyl (C=O) groups is 2. The molecule has 2 unspecified atom stereocenters. The maximum Gasteiger partial charge on any atom is 0.249 e. The van der Waals surface area contributed by atoms with Crippen molar-refractivity contribution in [1.29, 1.82) is 0 Å². The molecule has 2 amide bonds. The van der Waals surface area contributed by atoms with Crippen molar-refractivity contribution in [2.45, 2.75) is 84.8 Å². The van der Waals surface area contributed by atoms with E-state index in [1.165, 1.54) is 0 Å². The molecule has 0 radical (unpaired) electrons. The minimum Gasteiger partial charge on any atom is -0.340 e. The van der Waals surface area contributed by atoms with E-state index in [0.717, 1.165) is 25.7 Å². The monoisotopic (exact) mass is 294 g/mol. The first kappa shape index (κ1) is 16.3. The third kappa shape index (κ3) is 2.69. The lowest BCUT2D eigenvalue weighted by Gasteiger charge is -2.51. The smallest absolute Gasteiger partial charge is 0.249 e. The second-order valence-corrected chi connectivity index (χ2v) is 8.22. The van der Waals surface area contributed by atoms with Gasteiger partial charge < -0.3 is 10.2 Å². The zero-order chi connectivity index (χ0) is 16.0. The Morgan fingerprint density at radius 1 is 1.14 bits per heavy atom. The van der Waals surface area contributed by atoms with Crippen LogP contribution in [-0.4, -0.2) is 34.3 Å². The maximum atomic E-state index is 13.2. The molecule has 4 nitrogen and oxygen atoms in total. The molecular weight excluding hydrogens is 264 g/mol. The molecule has 2 rings (SSSR count). The number of piperazine rings is 1. The maximum absolute atomic E-state index is 13.2. The Hall–Kier alpha value is -1.06. The van der Waals surface area contributed by atoms with Crippen molar-refractivity contribution < 1.29 is 9.59 Å². The van der Waals surface area contributed by atoms with Crippen LogP contribution >= 0.6 is 0 Å².